The minimum Gasteiger partial charge on any atom is -0.506 e. The lowest BCUT2D eigenvalue weighted by molar-refractivity contribution is -0.125. The van der Waals surface area contributed by atoms with Gasteiger partial charge in [-0.05, 0) is 97.8 Å². The Morgan fingerprint density at radius 2 is 1.44 bits per heavy atom. The lowest BCUT2D eigenvalue weighted by Crippen LogP contribution is -2.36. The van der Waals surface area contributed by atoms with Crippen molar-refractivity contribution in [3.8, 4) is 17.6 Å². The van der Waals surface area contributed by atoms with Crippen molar-refractivity contribution in [1.29, 1.82) is 0 Å². The molecular weight excluding hydrogens is 909 g/mol. The number of nitrogens with one attached hydrogen (secondary N) is 3. The van der Waals surface area contributed by atoms with E-state index in [9.17, 15) is 29.1 Å². The fraction of sp³-hybridized carbons (Fsp3) is 0.426. The molecule has 0 radical (unpaired) electrons. The van der Waals surface area contributed by atoms with Crippen LogP contribution >= 0.6 is 11.8 Å². The van der Waals surface area contributed by atoms with E-state index in [1.165, 1.54) is 6.07 Å². The van der Waals surface area contributed by atoms with Gasteiger partial charge in [0.25, 0.3) is 0 Å². The molecule has 2 saturated heterocycles. The van der Waals surface area contributed by atoms with Crippen LogP contribution < -0.4 is 20.9 Å². The summed E-state index contributed by atoms with van der Waals surface area (Å²) in [5.74, 6) is 7.17. The number of ketones is 2. The number of azo groups is 1. The molecule has 0 unspecified atom stereocenters. The third-order valence-corrected chi connectivity index (χ3v) is 13.8. The summed E-state index contributed by atoms with van der Waals surface area (Å²) in [4.78, 5) is 64.6. The number of hydrogen-bond acceptors (Lipinski definition) is 12. The van der Waals surface area contributed by atoms with E-state index in [1.807, 2.05) is 60.3 Å². The van der Waals surface area contributed by atoms with Crippen LogP contribution in [0.15, 0.2) is 101 Å². The maximum absolute atomic E-state index is 13.5. The van der Waals surface area contributed by atoms with E-state index in [4.69, 9.17) is 14.2 Å². The molecule has 4 N–H and O–H groups in total. The normalized spacial score (nSPS) is 16.8. The van der Waals surface area contributed by atoms with Gasteiger partial charge >= 0.3 is 6.03 Å². The average Bonchev–Trinajstić information content (AvgIpc) is 3.93. The average molecular weight is 971 g/mol. The molecule has 2 fully saturated rings. The third kappa shape index (κ3) is 15.8. The van der Waals surface area contributed by atoms with Crippen LogP contribution in [0.2, 0.25) is 0 Å². The minimum absolute atomic E-state index is 0.0121. The Labute approximate surface area is 413 Å². The highest BCUT2D eigenvalue weighted by Gasteiger charge is 2.42. The van der Waals surface area contributed by atoms with Crippen LogP contribution in [0.4, 0.5) is 21.9 Å². The van der Waals surface area contributed by atoms with Gasteiger partial charge < -0.3 is 40.2 Å². The predicted octanol–water partition coefficient (Wildman–Crippen LogP) is 8.28. The number of Topliss-reactive ketones (excluding diaryl/α,β-unsaturated/α-hetero) is 2. The lowest BCUT2D eigenvalue weighted by atomic mass is 10.0. The highest BCUT2D eigenvalue weighted by atomic mass is 32.2. The molecule has 3 aliphatic rings. The number of aromatic hydroxyl groups is 1. The number of amides is 4. The number of phenols is 1. The second-order valence-electron chi connectivity index (χ2n) is 17.4. The number of ether oxygens (including phenoxy) is 3. The highest BCUT2D eigenvalue weighted by Crippen LogP contribution is 2.34. The third-order valence-electron chi connectivity index (χ3n) is 12.3. The first-order valence-corrected chi connectivity index (χ1v) is 25.3. The van der Waals surface area contributed by atoms with Crippen LogP contribution in [0.1, 0.15) is 96.8 Å². The summed E-state index contributed by atoms with van der Waals surface area (Å²) in [6, 6.07) is 27.5. The Hall–Kier alpha value is -6.38. The van der Waals surface area contributed by atoms with E-state index in [0.29, 0.717) is 108 Å². The number of nitrogens with zero attached hydrogens (tertiary/aromatic N) is 3. The van der Waals surface area contributed by atoms with Crippen LogP contribution in [-0.2, 0) is 41.6 Å². The molecule has 4 aromatic carbocycles. The first kappa shape index (κ1) is 51.5. The van der Waals surface area contributed by atoms with Crippen LogP contribution in [0.25, 0.3) is 0 Å². The monoisotopic (exact) mass is 970 g/mol. The molecule has 0 aromatic heterocycles. The molecule has 70 heavy (non-hydrogen) atoms. The number of benzene rings is 4. The fourth-order valence-electron chi connectivity index (χ4n) is 8.46. The number of carbonyl (C=O) groups excluding carboxylic acids is 5. The zero-order valence-electron chi connectivity index (χ0n) is 39.5. The topological polar surface area (TPSA) is 197 Å². The molecule has 7 rings (SSSR count). The van der Waals surface area contributed by atoms with E-state index < -0.39 is 0 Å². The van der Waals surface area contributed by atoms with Gasteiger partial charge in [-0.25, -0.2) is 4.79 Å². The minimum atomic E-state index is -0.238. The number of carbonyl (C=O) groups is 5. The fourth-order valence-corrected chi connectivity index (χ4v) is 10.00. The number of fused-ring (bicyclic) bond motifs is 3. The number of para-hydroxylation sites is 1. The second kappa shape index (κ2) is 27.1. The van der Waals surface area contributed by atoms with Crippen molar-refractivity contribution in [3.05, 3.63) is 119 Å². The van der Waals surface area contributed by atoms with Gasteiger partial charge in [0.15, 0.2) is 5.78 Å². The Kier molecular flexibility index (Phi) is 19.9. The van der Waals surface area contributed by atoms with E-state index in [1.54, 1.807) is 41.3 Å². The van der Waals surface area contributed by atoms with Gasteiger partial charge in [0.1, 0.15) is 17.2 Å². The quantitative estimate of drug-likeness (QED) is 0.0141. The van der Waals surface area contributed by atoms with Gasteiger partial charge in [-0.15, -0.1) is 5.11 Å². The number of thioether (sulfide) groups is 1. The maximum Gasteiger partial charge on any atom is 0.315 e. The summed E-state index contributed by atoms with van der Waals surface area (Å²) in [7, 11) is 0. The molecule has 4 aromatic rings. The number of unbranched alkanes of at least 4 members (excludes halogenated alkanes) is 1. The number of anilines is 1. The molecule has 0 bridgehead atoms. The van der Waals surface area contributed by atoms with Gasteiger partial charge in [-0.3, -0.25) is 19.2 Å². The van der Waals surface area contributed by atoms with Gasteiger partial charge in [0.05, 0.1) is 56.4 Å². The molecular formula is C54H62N6O9S. The molecule has 3 heterocycles. The number of rotatable bonds is 28. The van der Waals surface area contributed by atoms with Gasteiger partial charge in [0, 0.05) is 79.6 Å². The van der Waals surface area contributed by atoms with E-state index >= 15 is 0 Å². The SMILES string of the molecule is O=C(CCCC[C@@H]1SC[C@@H]2NC(=O)N[C@@H]21)CCCOCCOCCOCCCC(=O)c1ccc(N=Nc2cc(CCNC(=O)CCC(=O)N3Cc4ccccc4C#Cc4ccccc43)ccc2O)cc1. The summed E-state index contributed by atoms with van der Waals surface area (Å²) >= 11 is 1.90. The Bertz CT molecular complexity index is 2520. The highest BCUT2D eigenvalue weighted by molar-refractivity contribution is 8.00. The predicted molar refractivity (Wildman–Crippen MR) is 269 cm³/mol. The zero-order chi connectivity index (χ0) is 48.9. The molecule has 0 spiro atoms. The number of hydrogen-bond donors (Lipinski definition) is 4. The van der Waals surface area contributed by atoms with Crippen LogP contribution in [0, 0.1) is 11.8 Å². The molecule has 16 heteroatoms. The Morgan fingerprint density at radius 1 is 0.743 bits per heavy atom. The van der Waals surface area contributed by atoms with Crippen molar-refractivity contribution in [2.45, 2.75) is 94.5 Å². The Morgan fingerprint density at radius 3 is 2.24 bits per heavy atom. The summed E-state index contributed by atoms with van der Waals surface area (Å²) < 4.78 is 16.8. The number of phenolic OH excluding ortho intramolecular Hbond substituents is 1. The van der Waals surface area contributed by atoms with Gasteiger partial charge in [-0.2, -0.15) is 16.9 Å². The largest absolute Gasteiger partial charge is 0.506 e. The van der Waals surface area contributed by atoms with Crippen molar-refractivity contribution < 1.29 is 43.3 Å². The summed E-state index contributed by atoms with van der Waals surface area (Å²) in [6.45, 7) is 3.36. The standard InChI is InChI=1S/C54H62N6O9S/c61-44(12-4-6-16-50-53-46(37-70-50)56-54(66)57-53)13-7-29-67-31-33-69-34-32-68-30-8-15-48(62)41-20-22-43(23-21-41)58-59-45-35-38(17-24-49(45)63)27-28-55-51(64)25-26-52(65)60-36-42-11-2-1-9-39(42)18-19-40-10-3-5-14-47(40)60/h1-3,5,9-11,14,17,20-24,35,46,50,53,63H,4,6-8,12-13,15-16,25-34,36-37H2,(H,55,64)(H2,56,57,66)/t46-,50-,53-/m0/s1. The number of urea groups is 1. The van der Waals surface area contributed by atoms with E-state index in [2.05, 4.69) is 38.0 Å². The molecule has 3 aliphatic heterocycles. The molecule has 4 amide bonds. The van der Waals surface area contributed by atoms with E-state index in [0.717, 1.165) is 53.0 Å². The van der Waals surface area contributed by atoms with Crippen molar-refractivity contribution in [2.75, 3.05) is 56.8 Å². The first-order valence-electron chi connectivity index (χ1n) is 24.3. The van der Waals surface area contributed by atoms with Crippen LogP contribution in [0.3, 0.4) is 0 Å². The smallest absolute Gasteiger partial charge is 0.315 e. The molecule has 3 atom stereocenters. The van der Waals surface area contributed by atoms with Gasteiger partial charge in [0.2, 0.25) is 11.8 Å². The summed E-state index contributed by atoms with van der Waals surface area (Å²) in [5.41, 5.74) is 5.47. The molecule has 368 valence electrons. The van der Waals surface area contributed by atoms with Crippen LogP contribution in [0.5, 0.6) is 5.75 Å². The lowest BCUT2D eigenvalue weighted by Gasteiger charge is -2.26. The van der Waals surface area contributed by atoms with Crippen molar-refractivity contribution in [2.24, 2.45) is 10.2 Å². The summed E-state index contributed by atoms with van der Waals surface area (Å²) in [6.07, 6.45) is 6.14. The zero-order valence-corrected chi connectivity index (χ0v) is 40.3. The first-order chi connectivity index (χ1) is 34.2. The van der Waals surface area contributed by atoms with Crippen molar-refractivity contribution in [3.63, 3.8) is 0 Å². The maximum atomic E-state index is 13.5. The summed E-state index contributed by atoms with van der Waals surface area (Å²) in [5, 5.41) is 28.3. The van der Waals surface area contributed by atoms with Gasteiger partial charge in [-0.1, -0.05) is 54.7 Å². The van der Waals surface area contributed by atoms with Crippen molar-refractivity contribution in [1.82, 2.24) is 16.0 Å². The Balaban J connectivity index is 0.700. The van der Waals surface area contributed by atoms with E-state index in [-0.39, 0.29) is 65.8 Å². The van der Waals surface area contributed by atoms with Crippen LogP contribution in [-0.4, -0.2) is 104 Å². The molecule has 15 nitrogen and oxygen atoms in total. The second-order valence-corrected chi connectivity index (χ2v) is 18.7. The molecule has 0 saturated carbocycles. The molecule has 0 aliphatic carbocycles. The van der Waals surface area contributed by atoms with Crippen molar-refractivity contribution >= 4 is 58.2 Å².